The molecular formula is C54H41BN4O3Si. The molecule has 0 aliphatic carbocycles. The third kappa shape index (κ3) is 5.20. The Labute approximate surface area is 366 Å². The number of aromatic nitrogens is 4. The van der Waals surface area contributed by atoms with Crippen LogP contribution in [-0.4, -0.2) is 28.9 Å². The van der Waals surface area contributed by atoms with Crippen molar-refractivity contribution in [3.8, 4) is 51.7 Å². The van der Waals surface area contributed by atoms with Crippen LogP contribution in [0.3, 0.4) is 0 Å². The molecule has 0 spiro atoms. The van der Waals surface area contributed by atoms with E-state index >= 15 is 0 Å². The van der Waals surface area contributed by atoms with E-state index in [1.54, 1.807) is 0 Å². The zero-order chi connectivity index (χ0) is 42.4. The lowest BCUT2D eigenvalue weighted by Crippen LogP contribution is -2.57. The van der Waals surface area contributed by atoms with Gasteiger partial charge in [-0.15, -0.1) is 0 Å². The van der Waals surface area contributed by atoms with Gasteiger partial charge in [-0.3, -0.25) is 13.7 Å². The lowest BCUT2D eigenvalue weighted by atomic mass is 9.35. The molecule has 302 valence electrons. The maximum atomic E-state index is 7.01. The number of nitrogens with zero attached hydrogens (tertiary/aromatic N) is 4. The van der Waals surface area contributed by atoms with Crippen LogP contribution in [0.1, 0.15) is 26.3 Å². The van der Waals surface area contributed by atoms with Gasteiger partial charge in [0, 0.05) is 29.2 Å². The summed E-state index contributed by atoms with van der Waals surface area (Å²) in [4.78, 5) is 5.04. The van der Waals surface area contributed by atoms with Gasteiger partial charge in [-0.2, -0.15) is 0 Å². The fourth-order valence-corrected chi connectivity index (χ4v) is 13.4. The molecule has 0 radical (unpaired) electrons. The molecule has 10 aromatic rings. The van der Waals surface area contributed by atoms with Crippen LogP contribution < -0.4 is 45.5 Å². The quantitative estimate of drug-likeness (QED) is 0.101. The normalized spacial score (nSPS) is 14.1. The lowest BCUT2D eigenvalue weighted by molar-refractivity contribution is -0.572. The molecule has 7 nitrogen and oxygen atoms in total. The van der Waals surface area contributed by atoms with Gasteiger partial charge < -0.3 is 14.2 Å². The molecule has 7 aromatic carbocycles. The van der Waals surface area contributed by atoms with Crippen molar-refractivity contribution in [2.45, 2.75) is 39.3 Å². The molecule has 3 aromatic heterocycles. The Balaban J connectivity index is 1.01. The standard InChI is InChI=1S/C54H41BN4O3Si/c1-54(2,3)33-26-27-56-49(28-33)59-41-29-35(60-36-23-25-47-42(30-36)58-32-57(34-14-7-6-8-15-34)40-18-13-21-48(52(40)58)63(47,4)5)22-24-37(41)50-43(59)31-46-51-53(50)62-45-20-12-10-17-39(45)55(51)38-16-9-11-19-44(38)61-46/h6-31H,1-5H3. The van der Waals surface area contributed by atoms with Gasteiger partial charge in [0.15, 0.2) is 0 Å². The highest BCUT2D eigenvalue weighted by Crippen LogP contribution is 2.46. The largest absolute Gasteiger partial charge is 0.458 e. The van der Waals surface area contributed by atoms with E-state index in [0.717, 1.165) is 95.4 Å². The number of hydrogen-bond donors (Lipinski definition) is 0. The van der Waals surface area contributed by atoms with Gasteiger partial charge in [-0.25, -0.2) is 4.98 Å². The Morgan fingerprint density at radius 3 is 2.21 bits per heavy atom. The molecule has 13 rings (SSSR count). The van der Waals surface area contributed by atoms with Gasteiger partial charge in [0.05, 0.1) is 38.8 Å². The van der Waals surface area contributed by atoms with Crippen molar-refractivity contribution < 1.29 is 18.8 Å². The fourth-order valence-electron chi connectivity index (χ4n) is 10.4. The molecule has 6 heterocycles. The Morgan fingerprint density at radius 1 is 0.683 bits per heavy atom. The van der Waals surface area contributed by atoms with Crippen molar-refractivity contribution in [3.05, 3.63) is 170 Å². The molecule has 0 bridgehead atoms. The SMILES string of the molecule is CC(C)(C)c1ccnc(-n2c3cc(Oc4ccc5c(c4)-n4[c-][n+](-c6ccccc6)c6cccc(c64)[Si]5(C)C)ccc3c3c4c5c(cc32)Oc2ccccc2B5c2ccccc2O4)c1. The van der Waals surface area contributed by atoms with Crippen LogP contribution in [-0.2, 0) is 5.41 Å². The summed E-state index contributed by atoms with van der Waals surface area (Å²) >= 11 is 0. The van der Waals surface area contributed by atoms with Gasteiger partial charge in [-0.05, 0) is 92.9 Å². The Hall–Kier alpha value is -7.36. The minimum atomic E-state index is -2.09. The third-order valence-corrected chi connectivity index (χ3v) is 17.0. The summed E-state index contributed by atoms with van der Waals surface area (Å²) in [5.74, 6) is 5.60. The van der Waals surface area contributed by atoms with Crippen LogP contribution in [0.5, 0.6) is 34.5 Å². The monoisotopic (exact) mass is 832 g/mol. The Morgan fingerprint density at radius 2 is 1.41 bits per heavy atom. The smallest absolute Gasteiger partial charge is 0.269 e. The van der Waals surface area contributed by atoms with Crippen molar-refractivity contribution in [1.82, 2.24) is 14.1 Å². The molecular weight excluding hydrogens is 792 g/mol. The molecule has 0 unspecified atom stereocenters. The summed E-state index contributed by atoms with van der Waals surface area (Å²) in [5, 5.41) is 4.81. The Bertz CT molecular complexity index is 3580. The van der Waals surface area contributed by atoms with Gasteiger partial charge in [0.1, 0.15) is 48.4 Å². The summed E-state index contributed by atoms with van der Waals surface area (Å²) in [5.41, 5.74) is 10.9. The van der Waals surface area contributed by atoms with E-state index in [4.69, 9.17) is 19.2 Å². The first kappa shape index (κ1) is 36.3. The zero-order valence-electron chi connectivity index (χ0n) is 35.6. The number of para-hydroxylation sites is 4. The average molecular weight is 833 g/mol. The van der Waals surface area contributed by atoms with Crippen molar-refractivity contribution in [2.24, 2.45) is 0 Å². The van der Waals surface area contributed by atoms with Crippen molar-refractivity contribution in [2.75, 3.05) is 0 Å². The van der Waals surface area contributed by atoms with Crippen molar-refractivity contribution in [1.29, 1.82) is 0 Å². The van der Waals surface area contributed by atoms with Gasteiger partial charge in [0.25, 0.3) is 13.0 Å². The number of hydrogen-bond acceptors (Lipinski definition) is 4. The number of pyridine rings is 1. The van der Waals surface area contributed by atoms with Gasteiger partial charge >= 0.3 is 0 Å². The van der Waals surface area contributed by atoms with Gasteiger partial charge in [-0.1, -0.05) is 113 Å². The van der Waals surface area contributed by atoms with E-state index in [0.29, 0.717) is 0 Å². The number of rotatable bonds is 4. The second-order valence-corrected chi connectivity index (χ2v) is 22.9. The zero-order valence-corrected chi connectivity index (χ0v) is 36.6. The van der Waals surface area contributed by atoms with E-state index in [1.807, 2.05) is 18.3 Å². The summed E-state index contributed by atoms with van der Waals surface area (Å²) in [6.07, 6.45) is 5.65. The second kappa shape index (κ2) is 12.8. The van der Waals surface area contributed by atoms with Crippen LogP contribution in [0.25, 0.3) is 50.0 Å². The molecule has 3 aliphatic rings. The van der Waals surface area contributed by atoms with Crippen LogP contribution in [0.4, 0.5) is 0 Å². The predicted octanol–water partition coefficient (Wildman–Crippen LogP) is 9.15. The number of benzene rings is 7. The van der Waals surface area contributed by atoms with E-state index in [2.05, 4.69) is 193 Å². The number of fused-ring (bicyclic) bond motifs is 10. The van der Waals surface area contributed by atoms with Crippen LogP contribution in [0.15, 0.2) is 158 Å². The Kier molecular flexibility index (Phi) is 7.40. The van der Waals surface area contributed by atoms with E-state index in [9.17, 15) is 0 Å². The molecule has 0 saturated heterocycles. The minimum Gasteiger partial charge on any atom is -0.458 e. The topological polar surface area (TPSA) is 54.3 Å². The highest BCUT2D eigenvalue weighted by molar-refractivity contribution is 7.02. The highest BCUT2D eigenvalue weighted by Gasteiger charge is 2.42. The molecule has 3 aliphatic heterocycles. The number of imidazole rings is 1. The minimum absolute atomic E-state index is 0.0392. The fraction of sp³-hybridized carbons (Fsp3) is 0.111. The first-order valence-electron chi connectivity index (χ1n) is 21.6. The summed E-state index contributed by atoms with van der Waals surface area (Å²) in [6, 6.07) is 53.4. The van der Waals surface area contributed by atoms with Crippen molar-refractivity contribution >= 4 is 74.4 Å². The first-order valence-corrected chi connectivity index (χ1v) is 24.6. The maximum absolute atomic E-state index is 7.01. The summed E-state index contributed by atoms with van der Waals surface area (Å²) < 4.78 is 27.4. The van der Waals surface area contributed by atoms with Crippen LogP contribution in [0, 0.1) is 6.33 Å². The highest BCUT2D eigenvalue weighted by atomic mass is 28.3. The molecule has 0 N–H and O–H groups in total. The predicted molar refractivity (Wildman–Crippen MR) is 255 cm³/mol. The van der Waals surface area contributed by atoms with Crippen molar-refractivity contribution in [3.63, 3.8) is 0 Å². The van der Waals surface area contributed by atoms with Gasteiger partial charge in [0.2, 0.25) is 0 Å². The van der Waals surface area contributed by atoms with Crippen LogP contribution in [0.2, 0.25) is 13.1 Å². The first-order chi connectivity index (χ1) is 30.6. The summed E-state index contributed by atoms with van der Waals surface area (Å²) in [6.45, 7) is 11.6. The molecule has 0 amide bonds. The number of ether oxygens (including phenoxy) is 3. The van der Waals surface area contributed by atoms with E-state index in [1.165, 1.54) is 21.5 Å². The lowest BCUT2D eigenvalue weighted by Gasteiger charge is -2.33. The third-order valence-electron chi connectivity index (χ3n) is 13.5. The molecule has 0 saturated carbocycles. The molecule has 0 fully saturated rings. The molecule has 9 heteroatoms. The maximum Gasteiger partial charge on any atom is 0.269 e. The average Bonchev–Trinajstić information content (AvgIpc) is 3.85. The van der Waals surface area contributed by atoms with Crippen LogP contribution >= 0.6 is 0 Å². The van der Waals surface area contributed by atoms with E-state index in [-0.39, 0.29) is 12.1 Å². The second-order valence-electron chi connectivity index (χ2n) is 18.6. The van der Waals surface area contributed by atoms with E-state index < -0.39 is 8.07 Å². The molecule has 0 atom stereocenters. The molecule has 63 heavy (non-hydrogen) atoms. The summed E-state index contributed by atoms with van der Waals surface area (Å²) in [7, 11) is -2.09.